The van der Waals surface area contributed by atoms with Crippen molar-refractivity contribution in [3.8, 4) is 5.69 Å². The monoisotopic (exact) mass is 472 g/mol. The Kier molecular flexibility index (Phi) is 6.92. The summed E-state index contributed by atoms with van der Waals surface area (Å²) in [6.07, 6.45) is 0.946. The first-order chi connectivity index (χ1) is 15.3. The second-order valence-corrected chi connectivity index (χ2v) is 10.8. The molecule has 0 aliphatic carbocycles. The second-order valence-electron chi connectivity index (χ2n) is 9.07. The predicted molar refractivity (Wildman–Crippen MR) is 127 cm³/mol. The van der Waals surface area contributed by atoms with Gasteiger partial charge in [0.1, 0.15) is 5.82 Å². The van der Waals surface area contributed by atoms with Crippen molar-refractivity contribution in [1.82, 2.24) is 15.1 Å². The van der Waals surface area contributed by atoms with Crippen LogP contribution in [0.1, 0.15) is 50.6 Å². The molecule has 0 bridgehead atoms. The number of benzene rings is 2. The van der Waals surface area contributed by atoms with Gasteiger partial charge in [-0.1, -0.05) is 45.0 Å². The van der Waals surface area contributed by atoms with Gasteiger partial charge in [-0.2, -0.15) is 5.10 Å². The molecular formula is C24H29FN4O3S. The number of carbonyl (C=O) groups is 1. The van der Waals surface area contributed by atoms with Crippen molar-refractivity contribution in [2.75, 3.05) is 11.0 Å². The minimum absolute atomic E-state index is 0.157. The summed E-state index contributed by atoms with van der Waals surface area (Å²) in [7, 11) is -3.60. The van der Waals surface area contributed by atoms with E-state index >= 15 is 0 Å². The number of rotatable bonds is 7. The molecule has 7 nitrogen and oxygen atoms in total. The highest BCUT2D eigenvalue weighted by Crippen LogP contribution is 2.25. The van der Waals surface area contributed by atoms with Crippen molar-refractivity contribution in [3.63, 3.8) is 0 Å². The number of aromatic nitrogens is 2. The van der Waals surface area contributed by atoms with Crippen LogP contribution in [-0.4, -0.2) is 30.4 Å². The zero-order chi connectivity index (χ0) is 24.4. The first kappa shape index (κ1) is 24.4. The maximum absolute atomic E-state index is 14.3. The van der Waals surface area contributed by atoms with Gasteiger partial charge in [0.25, 0.3) is 0 Å². The standard InChI is InChI=1S/C24H29FN4O3S/c1-16(17-11-12-21(20(25)13-17)28-33(5,31)32)23(30)26-15-19-14-22(24(2,3)4)27-29(19)18-9-7-6-8-10-18/h6-14,16,28H,15H2,1-5H3,(H,26,30). The zero-order valence-electron chi connectivity index (χ0n) is 19.4. The first-order valence-electron chi connectivity index (χ1n) is 10.5. The molecule has 3 aromatic rings. The fourth-order valence-corrected chi connectivity index (χ4v) is 3.84. The summed E-state index contributed by atoms with van der Waals surface area (Å²) in [5, 5.41) is 7.65. The van der Waals surface area contributed by atoms with Gasteiger partial charge in [-0.15, -0.1) is 0 Å². The molecule has 0 aliphatic rings. The summed E-state index contributed by atoms with van der Waals surface area (Å²) in [4.78, 5) is 12.8. The van der Waals surface area contributed by atoms with Crippen molar-refractivity contribution < 1.29 is 17.6 Å². The lowest BCUT2D eigenvalue weighted by molar-refractivity contribution is -0.122. The van der Waals surface area contributed by atoms with Crippen LogP contribution in [0, 0.1) is 5.82 Å². The Morgan fingerprint density at radius 3 is 2.36 bits per heavy atom. The Labute approximate surface area is 194 Å². The van der Waals surface area contributed by atoms with Gasteiger partial charge < -0.3 is 5.32 Å². The highest BCUT2D eigenvalue weighted by Gasteiger charge is 2.22. The largest absolute Gasteiger partial charge is 0.350 e. The van der Waals surface area contributed by atoms with E-state index in [1.54, 1.807) is 6.92 Å². The number of sulfonamides is 1. The molecule has 0 aliphatic heterocycles. The highest BCUT2D eigenvalue weighted by atomic mass is 32.2. The fourth-order valence-electron chi connectivity index (χ4n) is 3.27. The SMILES string of the molecule is CC(C(=O)NCc1cc(C(C)(C)C)nn1-c1ccccc1)c1ccc(NS(C)(=O)=O)c(F)c1. The van der Waals surface area contributed by atoms with Crippen LogP contribution in [0.15, 0.2) is 54.6 Å². The summed E-state index contributed by atoms with van der Waals surface area (Å²) in [5.74, 6) is -1.66. The second kappa shape index (κ2) is 9.35. The van der Waals surface area contributed by atoms with Gasteiger partial charge in [-0.3, -0.25) is 9.52 Å². The summed E-state index contributed by atoms with van der Waals surface area (Å²) in [6.45, 7) is 8.14. The number of nitrogens with zero attached hydrogens (tertiary/aromatic N) is 2. The number of hydrogen-bond acceptors (Lipinski definition) is 4. The summed E-state index contributed by atoms with van der Waals surface area (Å²) in [5.41, 5.74) is 2.74. The lowest BCUT2D eigenvalue weighted by atomic mass is 9.92. The molecule has 0 fully saturated rings. The van der Waals surface area contributed by atoms with E-state index in [0.29, 0.717) is 5.56 Å². The molecule has 0 saturated carbocycles. The minimum atomic E-state index is -3.60. The quantitative estimate of drug-likeness (QED) is 0.541. The van der Waals surface area contributed by atoms with E-state index in [0.717, 1.165) is 23.3 Å². The molecule has 1 unspecified atom stereocenters. The van der Waals surface area contributed by atoms with Gasteiger partial charge in [-0.05, 0) is 42.8 Å². The van der Waals surface area contributed by atoms with Gasteiger partial charge >= 0.3 is 0 Å². The predicted octanol–water partition coefficient (Wildman–Crippen LogP) is 4.10. The van der Waals surface area contributed by atoms with Gasteiger partial charge in [0.2, 0.25) is 15.9 Å². The molecule has 0 spiro atoms. The number of nitrogens with one attached hydrogen (secondary N) is 2. The molecule has 0 saturated heterocycles. The van der Waals surface area contributed by atoms with Crippen LogP contribution in [0.5, 0.6) is 0 Å². The summed E-state index contributed by atoms with van der Waals surface area (Å²) >= 11 is 0. The van der Waals surface area contributed by atoms with Gasteiger partial charge in [0, 0.05) is 5.41 Å². The Bertz CT molecular complexity index is 1250. The van der Waals surface area contributed by atoms with Crippen LogP contribution in [0.4, 0.5) is 10.1 Å². The first-order valence-corrected chi connectivity index (χ1v) is 12.4. The Morgan fingerprint density at radius 2 is 1.79 bits per heavy atom. The van der Waals surface area contributed by atoms with E-state index in [1.807, 2.05) is 41.1 Å². The van der Waals surface area contributed by atoms with E-state index in [2.05, 4.69) is 30.8 Å². The van der Waals surface area contributed by atoms with Crippen LogP contribution in [0.2, 0.25) is 0 Å². The molecule has 1 aromatic heterocycles. The Hall–Kier alpha value is -3.20. The average molecular weight is 473 g/mol. The van der Waals surface area contributed by atoms with Crippen LogP contribution < -0.4 is 10.0 Å². The molecular weight excluding hydrogens is 443 g/mol. The number of anilines is 1. The molecule has 1 amide bonds. The Balaban J connectivity index is 1.78. The van der Waals surface area contributed by atoms with Crippen LogP contribution in [0.25, 0.3) is 5.69 Å². The van der Waals surface area contributed by atoms with E-state index < -0.39 is 21.8 Å². The van der Waals surface area contributed by atoms with Gasteiger partial charge in [0.05, 0.1) is 41.5 Å². The van der Waals surface area contributed by atoms with Crippen molar-refractivity contribution in [2.24, 2.45) is 0 Å². The molecule has 1 heterocycles. The normalized spacial score (nSPS) is 12.9. The van der Waals surface area contributed by atoms with E-state index in [4.69, 9.17) is 5.10 Å². The van der Waals surface area contributed by atoms with E-state index in [-0.39, 0.29) is 23.6 Å². The third-order valence-electron chi connectivity index (χ3n) is 5.18. The number of hydrogen-bond donors (Lipinski definition) is 2. The zero-order valence-corrected chi connectivity index (χ0v) is 20.2. The van der Waals surface area contributed by atoms with E-state index in [9.17, 15) is 17.6 Å². The average Bonchev–Trinajstić information content (AvgIpc) is 3.17. The molecule has 3 rings (SSSR count). The molecule has 9 heteroatoms. The number of carbonyl (C=O) groups excluding carboxylic acids is 1. The fraction of sp³-hybridized carbons (Fsp3) is 0.333. The Morgan fingerprint density at radius 1 is 1.12 bits per heavy atom. The minimum Gasteiger partial charge on any atom is -0.350 e. The van der Waals surface area contributed by atoms with Crippen LogP contribution >= 0.6 is 0 Å². The van der Waals surface area contributed by atoms with Crippen molar-refractivity contribution in [1.29, 1.82) is 0 Å². The third kappa shape index (κ3) is 6.19. The maximum atomic E-state index is 14.3. The number of amides is 1. The maximum Gasteiger partial charge on any atom is 0.229 e. The molecule has 2 aromatic carbocycles. The summed E-state index contributed by atoms with van der Waals surface area (Å²) in [6, 6.07) is 15.7. The van der Waals surface area contributed by atoms with Crippen molar-refractivity contribution >= 4 is 21.6 Å². The smallest absolute Gasteiger partial charge is 0.229 e. The lowest BCUT2D eigenvalue weighted by Gasteiger charge is -2.15. The molecule has 0 radical (unpaired) electrons. The van der Waals surface area contributed by atoms with Crippen LogP contribution in [0.3, 0.4) is 0 Å². The number of para-hydroxylation sites is 1. The van der Waals surface area contributed by atoms with Crippen LogP contribution in [-0.2, 0) is 26.8 Å². The molecule has 176 valence electrons. The molecule has 2 N–H and O–H groups in total. The summed E-state index contributed by atoms with van der Waals surface area (Å²) < 4.78 is 41.0. The molecule has 33 heavy (non-hydrogen) atoms. The lowest BCUT2D eigenvalue weighted by Crippen LogP contribution is -2.28. The van der Waals surface area contributed by atoms with E-state index in [1.165, 1.54) is 18.2 Å². The molecule has 1 atom stereocenters. The highest BCUT2D eigenvalue weighted by molar-refractivity contribution is 7.92. The van der Waals surface area contributed by atoms with Crippen molar-refractivity contribution in [2.45, 2.75) is 45.6 Å². The topological polar surface area (TPSA) is 93.1 Å². The van der Waals surface area contributed by atoms with Crippen molar-refractivity contribution in [3.05, 3.63) is 77.4 Å². The third-order valence-corrected chi connectivity index (χ3v) is 5.77. The van der Waals surface area contributed by atoms with Gasteiger partial charge in [-0.25, -0.2) is 17.5 Å². The van der Waals surface area contributed by atoms with Gasteiger partial charge in [0.15, 0.2) is 0 Å². The number of halogens is 1.